The van der Waals surface area contributed by atoms with Crippen LogP contribution < -0.4 is 5.32 Å². The molecule has 0 saturated carbocycles. The molecule has 0 unspecified atom stereocenters. The van der Waals surface area contributed by atoms with Crippen molar-refractivity contribution in [2.75, 3.05) is 5.32 Å². The topological polar surface area (TPSA) is 53.6 Å². The zero-order valence-electron chi connectivity index (χ0n) is 15.4. The molecule has 0 fully saturated rings. The number of hydrogen-bond donors (Lipinski definition) is 2. The Balaban J connectivity index is 1.49. The number of aromatic amines is 1. The lowest BCUT2D eigenvalue weighted by molar-refractivity contribution is 0.598. The lowest BCUT2D eigenvalue weighted by Gasteiger charge is -2.27. The quantitative estimate of drug-likeness (QED) is 0.516. The van der Waals surface area contributed by atoms with E-state index in [1.54, 1.807) is 0 Å². The minimum absolute atomic E-state index is 0.308. The monoisotopic (exact) mass is 354 g/mol. The maximum atomic E-state index is 4.67. The van der Waals surface area contributed by atoms with Crippen molar-refractivity contribution in [1.82, 2.24) is 15.0 Å². The van der Waals surface area contributed by atoms with Gasteiger partial charge in [-0.25, -0.2) is 9.97 Å². The average Bonchev–Trinajstić information content (AvgIpc) is 3.16. The van der Waals surface area contributed by atoms with Crippen LogP contribution in [0.4, 0.5) is 5.82 Å². The first-order valence-electron chi connectivity index (χ1n) is 9.54. The fourth-order valence-electron chi connectivity index (χ4n) is 4.08. The van der Waals surface area contributed by atoms with Gasteiger partial charge in [0.1, 0.15) is 11.6 Å². The van der Waals surface area contributed by atoms with Gasteiger partial charge in [0.25, 0.3) is 0 Å². The molecule has 0 aliphatic heterocycles. The van der Waals surface area contributed by atoms with Gasteiger partial charge >= 0.3 is 0 Å². The number of aryl methyl sites for hydroxylation is 2. The highest BCUT2D eigenvalue weighted by molar-refractivity contribution is 5.84. The maximum Gasteiger partial charge on any atom is 0.130 e. The first-order valence-corrected chi connectivity index (χ1v) is 9.54. The van der Waals surface area contributed by atoms with Crippen LogP contribution >= 0.6 is 0 Å². The first kappa shape index (κ1) is 16.1. The molecule has 1 aliphatic rings. The summed E-state index contributed by atoms with van der Waals surface area (Å²) in [6, 6.07) is 19.6. The summed E-state index contributed by atoms with van der Waals surface area (Å²) in [7, 11) is 0. The highest BCUT2D eigenvalue weighted by Gasteiger charge is 2.20. The summed E-state index contributed by atoms with van der Waals surface area (Å²) in [5, 5.41) is 4.87. The number of nitrogens with one attached hydrogen (secondary N) is 2. The molecule has 2 aromatic carbocycles. The van der Waals surface area contributed by atoms with Crippen molar-refractivity contribution in [3.63, 3.8) is 0 Å². The van der Waals surface area contributed by atoms with E-state index in [0.717, 1.165) is 34.8 Å². The molecule has 27 heavy (non-hydrogen) atoms. The molecule has 4 nitrogen and oxygen atoms in total. The molecule has 0 radical (unpaired) electrons. The van der Waals surface area contributed by atoms with Crippen molar-refractivity contribution in [2.45, 2.75) is 32.2 Å². The van der Waals surface area contributed by atoms with Crippen LogP contribution in [0, 0.1) is 6.92 Å². The smallest absolute Gasteiger partial charge is 0.130 e. The molecule has 1 atom stereocenters. The Morgan fingerprint density at radius 3 is 2.93 bits per heavy atom. The molecular weight excluding hydrogens is 332 g/mol. The number of nitrogens with zero attached hydrogens (tertiary/aromatic N) is 2. The second-order valence-corrected chi connectivity index (χ2v) is 7.25. The third-order valence-corrected chi connectivity index (χ3v) is 5.38. The molecule has 2 heterocycles. The Labute approximate surface area is 158 Å². The molecule has 2 N–H and O–H groups in total. The third-order valence-electron chi connectivity index (χ3n) is 5.38. The molecule has 4 aromatic rings. The van der Waals surface area contributed by atoms with Gasteiger partial charge in [0.2, 0.25) is 0 Å². The van der Waals surface area contributed by atoms with Crippen LogP contribution in [0.15, 0.2) is 60.8 Å². The van der Waals surface area contributed by atoms with Gasteiger partial charge < -0.3 is 10.3 Å². The molecule has 0 saturated heterocycles. The van der Waals surface area contributed by atoms with Crippen molar-refractivity contribution in [1.29, 1.82) is 0 Å². The molecule has 4 heteroatoms. The average molecular weight is 354 g/mol. The molecule has 1 aliphatic carbocycles. The normalized spacial score (nSPS) is 16.3. The molecule has 134 valence electrons. The van der Waals surface area contributed by atoms with Gasteiger partial charge in [-0.15, -0.1) is 0 Å². The number of hydrogen-bond acceptors (Lipinski definition) is 3. The summed E-state index contributed by atoms with van der Waals surface area (Å²) >= 11 is 0. The first-order chi connectivity index (χ1) is 13.3. The minimum atomic E-state index is 0.308. The largest absolute Gasteiger partial charge is 0.363 e. The standard InChI is InChI=1S/C23H22N4/c1-15-25-22(18-10-9-17-11-12-24-21(17)13-18)14-23(26-15)27-20-8-4-6-16-5-2-3-7-19(16)20/h2-3,5,7,9-14,20,24H,4,6,8H2,1H3,(H,25,26,27)/t20-/m0/s1. The van der Waals surface area contributed by atoms with Crippen LogP contribution in [-0.4, -0.2) is 15.0 Å². The van der Waals surface area contributed by atoms with E-state index in [1.165, 1.54) is 29.4 Å². The predicted molar refractivity (Wildman–Crippen MR) is 110 cm³/mol. The summed E-state index contributed by atoms with van der Waals surface area (Å²) in [6.45, 7) is 1.96. The number of anilines is 1. The van der Waals surface area contributed by atoms with Gasteiger partial charge in [-0.05, 0) is 54.8 Å². The third kappa shape index (κ3) is 3.08. The Kier molecular flexibility index (Phi) is 3.89. The number of H-pyrrole nitrogens is 1. The van der Waals surface area contributed by atoms with Crippen LogP contribution in [-0.2, 0) is 6.42 Å². The zero-order valence-corrected chi connectivity index (χ0v) is 15.4. The Hall–Kier alpha value is -3.14. The Morgan fingerprint density at radius 2 is 1.96 bits per heavy atom. The predicted octanol–water partition coefficient (Wildman–Crippen LogP) is 5.42. The maximum absolute atomic E-state index is 4.67. The lowest BCUT2D eigenvalue weighted by atomic mass is 9.88. The van der Waals surface area contributed by atoms with Crippen LogP contribution in [0.1, 0.15) is 35.8 Å². The van der Waals surface area contributed by atoms with Gasteiger partial charge in [-0.1, -0.05) is 36.4 Å². The molecule has 2 aromatic heterocycles. The van der Waals surface area contributed by atoms with Gasteiger partial charge in [-0.2, -0.15) is 0 Å². The second-order valence-electron chi connectivity index (χ2n) is 7.25. The van der Waals surface area contributed by atoms with Gasteiger partial charge in [0.05, 0.1) is 11.7 Å². The fourth-order valence-corrected chi connectivity index (χ4v) is 4.08. The summed E-state index contributed by atoms with van der Waals surface area (Å²) < 4.78 is 0. The van der Waals surface area contributed by atoms with E-state index in [9.17, 15) is 0 Å². The molecule has 0 bridgehead atoms. The SMILES string of the molecule is Cc1nc(N[C@H]2CCCc3ccccc32)cc(-c2ccc3cc[nH]c3c2)n1. The van der Waals surface area contributed by atoms with E-state index in [4.69, 9.17) is 0 Å². The van der Waals surface area contributed by atoms with Crippen molar-refractivity contribution >= 4 is 16.7 Å². The zero-order chi connectivity index (χ0) is 18.2. The second kappa shape index (κ2) is 6.54. The van der Waals surface area contributed by atoms with Crippen LogP contribution in [0.5, 0.6) is 0 Å². The summed E-state index contributed by atoms with van der Waals surface area (Å²) in [4.78, 5) is 12.6. The van der Waals surface area contributed by atoms with Gasteiger partial charge in [0.15, 0.2) is 0 Å². The lowest BCUT2D eigenvalue weighted by Crippen LogP contribution is -2.18. The summed E-state index contributed by atoms with van der Waals surface area (Å²) in [6.07, 6.45) is 5.46. The van der Waals surface area contributed by atoms with E-state index >= 15 is 0 Å². The van der Waals surface area contributed by atoms with Crippen LogP contribution in [0.25, 0.3) is 22.2 Å². The molecule has 5 rings (SSSR count). The van der Waals surface area contributed by atoms with Crippen LogP contribution in [0.2, 0.25) is 0 Å². The molecule has 0 spiro atoms. The van der Waals surface area contributed by atoms with Crippen molar-refractivity contribution in [3.8, 4) is 11.3 Å². The molecule has 0 amide bonds. The summed E-state index contributed by atoms with van der Waals surface area (Å²) in [5.41, 5.74) is 6.02. The number of aromatic nitrogens is 3. The van der Waals surface area contributed by atoms with E-state index in [0.29, 0.717) is 6.04 Å². The number of fused-ring (bicyclic) bond motifs is 2. The highest BCUT2D eigenvalue weighted by atomic mass is 15.0. The van der Waals surface area contributed by atoms with E-state index in [1.807, 2.05) is 13.1 Å². The van der Waals surface area contributed by atoms with Crippen LogP contribution in [0.3, 0.4) is 0 Å². The number of benzene rings is 2. The van der Waals surface area contributed by atoms with E-state index in [-0.39, 0.29) is 0 Å². The van der Waals surface area contributed by atoms with Gasteiger partial charge in [0, 0.05) is 23.3 Å². The van der Waals surface area contributed by atoms with Crippen molar-refractivity contribution in [3.05, 3.63) is 77.7 Å². The summed E-state index contributed by atoms with van der Waals surface area (Å²) in [5.74, 6) is 1.68. The van der Waals surface area contributed by atoms with Crippen molar-refractivity contribution in [2.24, 2.45) is 0 Å². The molecular formula is C23H22N4. The Bertz CT molecular complexity index is 1110. The fraction of sp³-hybridized carbons (Fsp3) is 0.217. The van der Waals surface area contributed by atoms with Gasteiger partial charge in [-0.3, -0.25) is 0 Å². The van der Waals surface area contributed by atoms with E-state index < -0.39 is 0 Å². The highest BCUT2D eigenvalue weighted by Crippen LogP contribution is 2.33. The van der Waals surface area contributed by atoms with Crippen molar-refractivity contribution < 1.29 is 0 Å². The van der Waals surface area contributed by atoms with E-state index in [2.05, 4.69) is 74.9 Å². The minimum Gasteiger partial charge on any atom is -0.363 e. The number of rotatable bonds is 3. The Morgan fingerprint density at radius 1 is 1.04 bits per heavy atom.